The maximum Gasteiger partial charge on any atom is 0.251 e. The molecule has 2 rings (SSSR count). The third-order valence-electron chi connectivity index (χ3n) is 2.75. The van der Waals surface area contributed by atoms with Crippen molar-refractivity contribution in [1.29, 1.82) is 0 Å². The quantitative estimate of drug-likeness (QED) is 0.895. The molecular formula is C15H17NOS. The molecule has 0 fully saturated rings. The van der Waals surface area contributed by atoms with Crippen molar-refractivity contribution in [1.82, 2.24) is 5.32 Å². The van der Waals surface area contributed by atoms with E-state index in [0.29, 0.717) is 0 Å². The first-order valence-electron chi connectivity index (χ1n) is 6.05. The molecule has 0 radical (unpaired) electrons. The Morgan fingerprint density at radius 2 is 2.17 bits per heavy atom. The summed E-state index contributed by atoms with van der Waals surface area (Å²) in [6.45, 7) is 4.03. The third-order valence-corrected chi connectivity index (χ3v) is 3.64. The Kier molecular flexibility index (Phi) is 4.15. The van der Waals surface area contributed by atoms with Crippen LogP contribution in [0.2, 0.25) is 0 Å². The van der Waals surface area contributed by atoms with Crippen LogP contribution in [-0.2, 0) is 6.42 Å². The molecule has 0 unspecified atom stereocenters. The number of rotatable bonds is 4. The summed E-state index contributed by atoms with van der Waals surface area (Å²) in [5, 5.41) is 5.09. The predicted molar refractivity (Wildman–Crippen MR) is 76.1 cm³/mol. The molecule has 1 N–H and O–H groups in total. The minimum atomic E-state index is 0.00255. The van der Waals surface area contributed by atoms with Crippen molar-refractivity contribution in [3.05, 3.63) is 57.8 Å². The zero-order chi connectivity index (χ0) is 13.0. The number of thiophene rings is 1. The molecule has 18 heavy (non-hydrogen) atoms. The Labute approximate surface area is 112 Å². The fourth-order valence-corrected chi connectivity index (χ4v) is 2.71. The Hall–Kier alpha value is -1.61. The smallest absolute Gasteiger partial charge is 0.251 e. The highest BCUT2D eigenvalue weighted by Crippen LogP contribution is 2.11. The van der Waals surface area contributed by atoms with Gasteiger partial charge in [-0.1, -0.05) is 23.8 Å². The van der Waals surface area contributed by atoms with Gasteiger partial charge in [0, 0.05) is 22.9 Å². The van der Waals surface area contributed by atoms with Gasteiger partial charge in [0.2, 0.25) is 0 Å². The summed E-state index contributed by atoms with van der Waals surface area (Å²) in [7, 11) is 0. The average Bonchev–Trinajstić information content (AvgIpc) is 2.81. The second-order valence-electron chi connectivity index (χ2n) is 4.53. The largest absolute Gasteiger partial charge is 0.349 e. The van der Waals surface area contributed by atoms with E-state index in [0.717, 1.165) is 17.5 Å². The number of carbonyl (C=O) groups is 1. The number of amides is 1. The van der Waals surface area contributed by atoms with Gasteiger partial charge in [0.1, 0.15) is 0 Å². The lowest BCUT2D eigenvalue weighted by molar-refractivity contribution is 0.0940. The summed E-state index contributed by atoms with van der Waals surface area (Å²) in [6, 6.07) is 11.9. The van der Waals surface area contributed by atoms with Gasteiger partial charge in [0.25, 0.3) is 5.91 Å². The van der Waals surface area contributed by atoms with Crippen molar-refractivity contribution >= 4 is 17.2 Å². The number of hydrogen-bond donors (Lipinski definition) is 1. The summed E-state index contributed by atoms with van der Waals surface area (Å²) >= 11 is 1.73. The monoisotopic (exact) mass is 259 g/mol. The van der Waals surface area contributed by atoms with Crippen LogP contribution >= 0.6 is 11.3 Å². The van der Waals surface area contributed by atoms with Crippen molar-refractivity contribution in [2.75, 3.05) is 0 Å². The summed E-state index contributed by atoms with van der Waals surface area (Å²) in [5.74, 6) is 0.00255. The maximum atomic E-state index is 12.0. The normalized spacial score (nSPS) is 12.1. The fraction of sp³-hybridized carbons (Fsp3) is 0.267. The van der Waals surface area contributed by atoms with Crippen LogP contribution in [0.3, 0.4) is 0 Å². The lowest BCUT2D eigenvalue weighted by atomic mass is 10.1. The van der Waals surface area contributed by atoms with Crippen LogP contribution in [0, 0.1) is 6.92 Å². The van der Waals surface area contributed by atoms with Crippen molar-refractivity contribution < 1.29 is 4.79 Å². The molecule has 1 aromatic heterocycles. The van der Waals surface area contributed by atoms with E-state index in [-0.39, 0.29) is 11.9 Å². The standard InChI is InChI=1S/C15H17NOS/c1-11-5-3-6-13(9-11)15(17)16-12(2)10-14-7-4-8-18-14/h3-9,12H,10H2,1-2H3,(H,16,17)/t12-/m0/s1. The first kappa shape index (κ1) is 12.8. The molecule has 1 aromatic carbocycles. The lowest BCUT2D eigenvalue weighted by Crippen LogP contribution is -2.33. The summed E-state index contributed by atoms with van der Waals surface area (Å²) in [6.07, 6.45) is 0.884. The van der Waals surface area contributed by atoms with Gasteiger partial charge in [-0.25, -0.2) is 0 Å². The Morgan fingerprint density at radius 3 is 2.83 bits per heavy atom. The molecule has 1 amide bonds. The molecule has 0 saturated heterocycles. The van der Waals surface area contributed by atoms with Crippen LogP contribution in [0.5, 0.6) is 0 Å². The van der Waals surface area contributed by atoms with E-state index in [1.807, 2.05) is 44.2 Å². The highest BCUT2D eigenvalue weighted by Gasteiger charge is 2.10. The summed E-state index contributed by atoms with van der Waals surface area (Å²) < 4.78 is 0. The molecule has 0 aliphatic rings. The number of hydrogen-bond acceptors (Lipinski definition) is 2. The molecule has 0 aliphatic heterocycles. The fourth-order valence-electron chi connectivity index (χ4n) is 1.87. The van der Waals surface area contributed by atoms with Crippen molar-refractivity contribution in [3.8, 4) is 0 Å². The van der Waals surface area contributed by atoms with Crippen LogP contribution in [0.1, 0.15) is 27.7 Å². The molecule has 0 spiro atoms. The molecule has 0 saturated carbocycles. The lowest BCUT2D eigenvalue weighted by Gasteiger charge is -2.13. The minimum absolute atomic E-state index is 0.00255. The van der Waals surface area contributed by atoms with Crippen molar-refractivity contribution in [2.24, 2.45) is 0 Å². The average molecular weight is 259 g/mol. The number of carbonyl (C=O) groups excluding carboxylic acids is 1. The SMILES string of the molecule is Cc1cccc(C(=O)N[C@@H](C)Cc2cccs2)c1. The number of benzene rings is 1. The first-order chi connectivity index (χ1) is 8.65. The highest BCUT2D eigenvalue weighted by atomic mass is 32.1. The topological polar surface area (TPSA) is 29.1 Å². The van der Waals surface area contributed by atoms with Crippen molar-refractivity contribution in [3.63, 3.8) is 0 Å². The highest BCUT2D eigenvalue weighted by molar-refractivity contribution is 7.09. The van der Waals surface area contributed by atoms with E-state index in [2.05, 4.69) is 16.8 Å². The zero-order valence-electron chi connectivity index (χ0n) is 10.6. The van der Waals surface area contributed by atoms with Crippen LogP contribution in [0.4, 0.5) is 0 Å². The molecule has 2 aromatic rings. The molecular weight excluding hydrogens is 242 g/mol. The molecule has 0 aliphatic carbocycles. The Balaban J connectivity index is 1.95. The van der Waals surface area contributed by atoms with Crippen LogP contribution in [0.25, 0.3) is 0 Å². The second-order valence-corrected chi connectivity index (χ2v) is 5.56. The maximum absolute atomic E-state index is 12.0. The summed E-state index contributed by atoms with van der Waals surface area (Å²) in [5.41, 5.74) is 1.83. The van der Waals surface area contributed by atoms with E-state index >= 15 is 0 Å². The number of nitrogens with one attached hydrogen (secondary N) is 1. The van der Waals surface area contributed by atoms with Gasteiger partial charge in [0.15, 0.2) is 0 Å². The van der Waals surface area contributed by atoms with Gasteiger partial charge in [-0.3, -0.25) is 4.79 Å². The van der Waals surface area contributed by atoms with E-state index in [9.17, 15) is 4.79 Å². The Morgan fingerprint density at radius 1 is 1.33 bits per heavy atom. The van der Waals surface area contributed by atoms with E-state index in [1.54, 1.807) is 11.3 Å². The molecule has 94 valence electrons. The van der Waals surface area contributed by atoms with E-state index in [1.165, 1.54) is 4.88 Å². The van der Waals surface area contributed by atoms with Gasteiger partial charge in [-0.15, -0.1) is 11.3 Å². The zero-order valence-corrected chi connectivity index (χ0v) is 11.5. The Bertz CT molecular complexity index is 519. The van der Waals surface area contributed by atoms with Gasteiger partial charge in [0.05, 0.1) is 0 Å². The second kappa shape index (κ2) is 5.83. The molecule has 2 nitrogen and oxygen atoms in total. The van der Waals surface area contributed by atoms with Crippen LogP contribution in [-0.4, -0.2) is 11.9 Å². The van der Waals surface area contributed by atoms with E-state index < -0.39 is 0 Å². The van der Waals surface area contributed by atoms with Gasteiger partial charge >= 0.3 is 0 Å². The van der Waals surface area contributed by atoms with Gasteiger partial charge < -0.3 is 5.32 Å². The third kappa shape index (κ3) is 3.44. The summed E-state index contributed by atoms with van der Waals surface area (Å²) in [4.78, 5) is 13.3. The molecule has 1 heterocycles. The van der Waals surface area contributed by atoms with Gasteiger partial charge in [-0.05, 0) is 37.4 Å². The number of aryl methyl sites for hydroxylation is 1. The van der Waals surface area contributed by atoms with Crippen molar-refractivity contribution in [2.45, 2.75) is 26.3 Å². The molecule has 3 heteroatoms. The van der Waals surface area contributed by atoms with E-state index in [4.69, 9.17) is 0 Å². The molecule has 0 bridgehead atoms. The molecule has 1 atom stereocenters. The predicted octanol–water partition coefficient (Wildman–Crippen LogP) is 3.42. The van der Waals surface area contributed by atoms with Crippen LogP contribution < -0.4 is 5.32 Å². The van der Waals surface area contributed by atoms with Gasteiger partial charge in [-0.2, -0.15) is 0 Å². The van der Waals surface area contributed by atoms with Crippen LogP contribution in [0.15, 0.2) is 41.8 Å². The minimum Gasteiger partial charge on any atom is -0.349 e. The first-order valence-corrected chi connectivity index (χ1v) is 6.93.